The highest BCUT2D eigenvalue weighted by Gasteiger charge is 2.39. The molecule has 3 N–H and O–H groups in total. The van der Waals surface area contributed by atoms with Gasteiger partial charge in [0, 0.05) is 11.1 Å². The van der Waals surface area contributed by atoms with Crippen molar-refractivity contribution in [3.8, 4) is 11.5 Å². The maximum atomic E-state index is 9.97. The minimum atomic E-state index is -0.280. The predicted octanol–water partition coefficient (Wildman–Crippen LogP) is 2.55. The Labute approximate surface area is 113 Å². The summed E-state index contributed by atoms with van der Waals surface area (Å²) in [6, 6.07) is 3.02. The van der Waals surface area contributed by atoms with E-state index in [4.69, 9.17) is 0 Å². The molecule has 1 aliphatic rings. The second kappa shape index (κ2) is 4.74. The standard InChI is InChI=1S/C16H20O3/c1-4-16(3)8-12-11(7-13(16)10(2)9-17)14(18)5-6-15(12)19/h4-6,13,17-19H,1-2,7-9H2,3H3/t13-,16+/m0/s1. The van der Waals surface area contributed by atoms with E-state index in [0.717, 1.165) is 16.7 Å². The monoisotopic (exact) mass is 260 g/mol. The third-order valence-electron chi connectivity index (χ3n) is 4.31. The zero-order valence-electron chi connectivity index (χ0n) is 11.2. The van der Waals surface area contributed by atoms with Crippen LogP contribution in [0.4, 0.5) is 0 Å². The van der Waals surface area contributed by atoms with Crippen molar-refractivity contribution < 1.29 is 15.3 Å². The van der Waals surface area contributed by atoms with E-state index in [0.29, 0.717) is 12.8 Å². The predicted molar refractivity (Wildman–Crippen MR) is 75.2 cm³/mol. The molecule has 0 amide bonds. The highest BCUT2D eigenvalue weighted by atomic mass is 16.3. The molecule has 1 aromatic rings. The molecule has 2 atom stereocenters. The third-order valence-corrected chi connectivity index (χ3v) is 4.31. The number of hydrogen-bond acceptors (Lipinski definition) is 3. The molecular weight excluding hydrogens is 240 g/mol. The maximum Gasteiger partial charge on any atom is 0.119 e. The van der Waals surface area contributed by atoms with Gasteiger partial charge in [-0.05, 0) is 41.9 Å². The van der Waals surface area contributed by atoms with Gasteiger partial charge in [-0.25, -0.2) is 0 Å². The molecule has 0 aliphatic heterocycles. The fraction of sp³-hybridized carbons (Fsp3) is 0.375. The van der Waals surface area contributed by atoms with Crippen molar-refractivity contribution in [3.05, 3.63) is 48.1 Å². The lowest BCUT2D eigenvalue weighted by atomic mass is 9.63. The molecule has 1 aromatic carbocycles. The Morgan fingerprint density at radius 3 is 2.47 bits per heavy atom. The number of phenolic OH excluding ortho intramolecular Hbond substituents is 2. The fourth-order valence-corrected chi connectivity index (χ4v) is 2.97. The molecule has 3 nitrogen and oxygen atoms in total. The zero-order valence-corrected chi connectivity index (χ0v) is 11.2. The van der Waals surface area contributed by atoms with Crippen molar-refractivity contribution >= 4 is 0 Å². The van der Waals surface area contributed by atoms with E-state index in [-0.39, 0.29) is 29.4 Å². The summed E-state index contributed by atoms with van der Waals surface area (Å²) in [5.74, 6) is 0.402. The lowest BCUT2D eigenvalue weighted by molar-refractivity contribution is 0.229. The second-order valence-electron chi connectivity index (χ2n) is 5.52. The highest BCUT2D eigenvalue weighted by Crippen LogP contribution is 2.48. The van der Waals surface area contributed by atoms with E-state index in [2.05, 4.69) is 13.2 Å². The summed E-state index contributed by atoms with van der Waals surface area (Å²) < 4.78 is 0. The SMILES string of the molecule is C=C[C@]1(C)Cc2c(O)ccc(O)c2C[C@H]1C(=C)CO. The first kappa shape index (κ1) is 13.7. The summed E-state index contributed by atoms with van der Waals surface area (Å²) in [4.78, 5) is 0. The zero-order chi connectivity index (χ0) is 14.2. The number of aliphatic hydroxyl groups excluding tert-OH is 1. The highest BCUT2D eigenvalue weighted by molar-refractivity contribution is 5.51. The van der Waals surface area contributed by atoms with Crippen molar-refractivity contribution in [1.29, 1.82) is 0 Å². The quantitative estimate of drug-likeness (QED) is 0.578. The van der Waals surface area contributed by atoms with E-state index in [9.17, 15) is 15.3 Å². The molecule has 0 fully saturated rings. The Kier molecular flexibility index (Phi) is 3.42. The molecule has 0 saturated heterocycles. The van der Waals surface area contributed by atoms with Crippen LogP contribution in [0.2, 0.25) is 0 Å². The molecule has 1 aliphatic carbocycles. The number of phenols is 2. The summed E-state index contributed by atoms with van der Waals surface area (Å²) in [5, 5.41) is 29.3. The number of rotatable bonds is 3. The maximum absolute atomic E-state index is 9.97. The van der Waals surface area contributed by atoms with Gasteiger partial charge in [0.15, 0.2) is 0 Å². The average molecular weight is 260 g/mol. The molecule has 0 unspecified atom stereocenters. The summed E-state index contributed by atoms with van der Waals surface area (Å²) >= 11 is 0. The van der Waals surface area contributed by atoms with Crippen LogP contribution in [0.1, 0.15) is 18.1 Å². The van der Waals surface area contributed by atoms with Crippen LogP contribution < -0.4 is 0 Å². The van der Waals surface area contributed by atoms with Crippen molar-refractivity contribution in [2.45, 2.75) is 19.8 Å². The summed E-state index contributed by atoms with van der Waals surface area (Å²) in [7, 11) is 0. The normalized spacial score (nSPS) is 25.7. The second-order valence-corrected chi connectivity index (χ2v) is 5.52. The fourth-order valence-electron chi connectivity index (χ4n) is 2.97. The van der Waals surface area contributed by atoms with Crippen LogP contribution in [-0.4, -0.2) is 21.9 Å². The molecule has 0 radical (unpaired) electrons. The molecule has 3 heteroatoms. The number of aliphatic hydroxyl groups is 1. The summed E-state index contributed by atoms with van der Waals surface area (Å²) in [6.45, 7) is 9.76. The molecule has 0 aromatic heterocycles. The third kappa shape index (κ3) is 2.15. The number of fused-ring (bicyclic) bond motifs is 1. The number of hydrogen-bond donors (Lipinski definition) is 3. The van der Waals surface area contributed by atoms with Crippen molar-refractivity contribution in [1.82, 2.24) is 0 Å². The smallest absolute Gasteiger partial charge is 0.119 e. The van der Waals surface area contributed by atoms with Crippen LogP contribution in [-0.2, 0) is 12.8 Å². The van der Waals surface area contributed by atoms with Gasteiger partial charge in [-0.3, -0.25) is 0 Å². The van der Waals surface area contributed by atoms with Gasteiger partial charge in [0.05, 0.1) is 6.61 Å². The minimum absolute atomic E-state index is 0.00944. The molecule has 0 heterocycles. The first-order valence-electron chi connectivity index (χ1n) is 6.37. The lowest BCUT2D eigenvalue weighted by Gasteiger charge is -2.41. The molecule has 0 bridgehead atoms. The van der Waals surface area contributed by atoms with Crippen LogP contribution >= 0.6 is 0 Å². The number of allylic oxidation sites excluding steroid dienone is 1. The Morgan fingerprint density at radius 2 is 1.95 bits per heavy atom. The van der Waals surface area contributed by atoms with E-state index >= 15 is 0 Å². The van der Waals surface area contributed by atoms with Gasteiger partial charge in [-0.2, -0.15) is 0 Å². The molecular formula is C16H20O3. The van der Waals surface area contributed by atoms with Gasteiger partial charge in [0.25, 0.3) is 0 Å². The minimum Gasteiger partial charge on any atom is -0.508 e. The number of benzene rings is 1. The van der Waals surface area contributed by atoms with E-state index in [1.165, 1.54) is 12.1 Å². The Hall–Kier alpha value is -1.74. The van der Waals surface area contributed by atoms with Gasteiger partial charge >= 0.3 is 0 Å². The lowest BCUT2D eigenvalue weighted by Crippen LogP contribution is -2.35. The van der Waals surface area contributed by atoms with Gasteiger partial charge in [0.1, 0.15) is 11.5 Å². The molecule has 2 rings (SSSR count). The van der Waals surface area contributed by atoms with Crippen LogP contribution in [0.15, 0.2) is 36.9 Å². The van der Waals surface area contributed by atoms with E-state index < -0.39 is 0 Å². The molecule has 19 heavy (non-hydrogen) atoms. The molecule has 102 valence electrons. The van der Waals surface area contributed by atoms with Crippen molar-refractivity contribution in [2.24, 2.45) is 11.3 Å². The summed E-state index contributed by atoms with van der Waals surface area (Å²) in [5.41, 5.74) is 1.97. The number of aromatic hydroxyl groups is 2. The van der Waals surface area contributed by atoms with Crippen LogP contribution in [0, 0.1) is 11.3 Å². The topological polar surface area (TPSA) is 60.7 Å². The van der Waals surface area contributed by atoms with E-state index in [1.54, 1.807) is 0 Å². The van der Waals surface area contributed by atoms with Gasteiger partial charge in [0.2, 0.25) is 0 Å². The van der Waals surface area contributed by atoms with Crippen LogP contribution in [0.3, 0.4) is 0 Å². The van der Waals surface area contributed by atoms with E-state index in [1.807, 2.05) is 13.0 Å². The average Bonchev–Trinajstić information content (AvgIpc) is 2.42. The Bertz CT molecular complexity index is 533. The van der Waals surface area contributed by atoms with Gasteiger partial charge in [-0.1, -0.05) is 19.6 Å². The Morgan fingerprint density at radius 1 is 1.37 bits per heavy atom. The molecule has 0 spiro atoms. The summed E-state index contributed by atoms with van der Waals surface area (Å²) in [6.07, 6.45) is 2.98. The first-order valence-corrected chi connectivity index (χ1v) is 6.37. The molecule has 0 saturated carbocycles. The van der Waals surface area contributed by atoms with Crippen LogP contribution in [0.5, 0.6) is 11.5 Å². The Balaban J connectivity index is 2.54. The van der Waals surface area contributed by atoms with Crippen molar-refractivity contribution in [2.75, 3.05) is 6.61 Å². The van der Waals surface area contributed by atoms with Crippen LogP contribution in [0.25, 0.3) is 0 Å². The van der Waals surface area contributed by atoms with Gasteiger partial charge in [-0.15, -0.1) is 6.58 Å². The first-order chi connectivity index (χ1) is 8.92. The van der Waals surface area contributed by atoms with Gasteiger partial charge < -0.3 is 15.3 Å². The van der Waals surface area contributed by atoms with Crippen molar-refractivity contribution in [3.63, 3.8) is 0 Å². The largest absolute Gasteiger partial charge is 0.508 e.